The molecule has 0 bridgehead atoms. The minimum Gasteiger partial charge on any atom is -0.294 e. The van der Waals surface area contributed by atoms with E-state index in [1.165, 1.54) is 5.56 Å². The summed E-state index contributed by atoms with van der Waals surface area (Å²) < 4.78 is 0. The van der Waals surface area contributed by atoms with Crippen LogP contribution in [0.5, 0.6) is 0 Å². The first kappa shape index (κ1) is 14.0. The topological polar surface area (TPSA) is 40.9 Å². The molecule has 0 unspecified atom stereocenters. The molecule has 2 aromatic rings. The second-order valence-corrected chi connectivity index (χ2v) is 5.17. The summed E-state index contributed by atoms with van der Waals surface area (Å²) in [7, 11) is 0. The summed E-state index contributed by atoms with van der Waals surface area (Å²) in [6.45, 7) is 6.13. The Bertz CT molecular complexity index is 685. The molecule has 0 aliphatic carbocycles. The zero-order valence-corrected chi connectivity index (χ0v) is 12.0. The first-order valence-corrected chi connectivity index (χ1v) is 6.61. The third kappa shape index (κ3) is 2.95. The van der Waals surface area contributed by atoms with Gasteiger partial charge in [0.25, 0.3) is 0 Å². The number of nitriles is 1. The molecular weight excluding hydrogens is 246 g/mol. The Kier molecular flexibility index (Phi) is 4.00. The lowest BCUT2D eigenvalue weighted by molar-refractivity contribution is 0.0992. The third-order valence-electron chi connectivity index (χ3n) is 3.49. The summed E-state index contributed by atoms with van der Waals surface area (Å²) in [6, 6.07) is 13.1. The van der Waals surface area contributed by atoms with Crippen LogP contribution < -0.4 is 0 Å². The number of aryl methyl sites for hydroxylation is 3. The van der Waals surface area contributed by atoms with E-state index in [1.54, 1.807) is 24.3 Å². The van der Waals surface area contributed by atoms with Crippen molar-refractivity contribution in [3.63, 3.8) is 0 Å². The molecule has 2 nitrogen and oxygen atoms in total. The van der Waals surface area contributed by atoms with Crippen LogP contribution in [0.1, 0.15) is 38.2 Å². The molecule has 0 heterocycles. The van der Waals surface area contributed by atoms with Crippen LogP contribution in [-0.2, 0) is 6.42 Å². The number of benzene rings is 2. The number of Topliss-reactive ketones (excluding diaryl/α,β-unsaturated/α-hetero) is 1. The van der Waals surface area contributed by atoms with Crippen molar-refractivity contribution in [1.29, 1.82) is 5.26 Å². The highest BCUT2D eigenvalue weighted by atomic mass is 16.1. The van der Waals surface area contributed by atoms with Crippen molar-refractivity contribution in [2.24, 2.45) is 0 Å². The maximum absolute atomic E-state index is 12.4. The van der Waals surface area contributed by atoms with Gasteiger partial charge in [-0.1, -0.05) is 29.8 Å². The SMILES string of the molecule is Cc1cc(C)c(CC(=O)c2cccc(C#N)c2)c(C)c1. The Morgan fingerprint density at radius 3 is 2.35 bits per heavy atom. The monoisotopic (exact) mass is 263 g/mol. The van der Waals surface area contributed by atoms with Crippen LogP contribution >= 0.6 is 0 Å². The lowest BCUT2D eigenvalue weighted by atomic mass is 9.93. The fourth-order valence-corrected chi connectivity index (χ4v) is 2.51. The number of rotatable bonds is 3. The van der Waals surface area contributed by atoms with E-state index in [-0.39, 0.29) is 5.78 Å². The van der Waals surface area contributed by atoms with Crippen LogP contribution in [0.15, 0.2) is 36.4 Å². The number of carbonyl (C=O) groups is 1. The molecule has 0 spiro atoms. The highest BCUT2D eigenvalue weighted by Crippen LogP contribution is 2.19. The van der Waals surface area contributed by atoms with Crippen molar-refractivity contribution >= 4 is 5.78 Å². The van der Waals surface area contributed by atoms with Crippen molar-refractivity contribution < 1.29 is 4.79 Å². The molecule has 0 radical (unpaired) electrons. The highest BCUT2D eigenvalue weighted by Gasteiger charge is 2.12. The van der Waals surface area contributed by atoms with Crippen LogP contribution in [-0.4, -0.2) is 5.78 Å². The smallest absolute Gasteiger partial charge is 0.167 e. The molecule has 0 aromatic heterocycles. The molecule has 2 heteroatoms. The van der Waals surface area contributed by atoms with Gasteiger partial charge in [0.1, 0.15) is 0 Å². The third-order valence-corrected chi connectivity index (χ3v) is 3.49. The summed E-state index contributed by atoms with van der Waals surface area (Å²) in [6.07, 6.45) is 0.382. The van der Waals surface area contributed by atoms with Gasteiger partial charge in [-0.15, -0.1) is 0 Å². The number of ketones is 1. The summed E-state index contributed by atoms with van der Waals surface area (Å²) in [5, 5.41) is 8.89. The first-order valence-electron chi connectivity index (χ1n) is 6.61. The highest BCUT2D eigenvalue weighted by molar-refractivity contribution is 5.98. The number of nitrogens with zero attached hydrogens (tertiary/aromatic N) is 1. The first-order chi connectivity index (χ1) is 9.51. The van der Waals surface area contributed by atoms with Crippen molar-refractivity contribution in [2.75, 3.05) is 0 Å². The van der Waals surface area contributed by atoms with Gasteiger partial charge < -0.3 is 0 Å². The number of hydrogen-bond acceptors (Lipinski definition) is 2. The van der Waals surface area contributed by atoms with Crippen molar-refractivity contribution in [2.45, 2.75) is 27.2 Å². The Hall–Kier alpha value is -2.40. The predicted molar refractivity (Wildman–Crippen MR) is 79.8 cm³/mol. The molecule has 0 saturated heterocycles. The largest absolute Gasteiger partial charge is 0.294 e. The molecule has 2 aromatic carbocycles. The van der Waals surface area contributed by atoms with Crippen LogP contribution in [0.3, 0.4) is 0 Å². The molecule has 100 valence electrons. The fourth-order valence-electron chi connectivity index (χ4n) is 2.51. The van der Waals surface area contributed by atoms with Crippen LogP contribution in [0, 0.1) is 32.1 Å². The molecule has 0 amide bonds. The summed E-state index contributed by atoms with van der Waals surface area (Å²) in [5.41, 5.74) is 5.71. The van der Waals surface area contributed by atoms with E-state index in [2.05, 4.69) is 25.1 Å². The van der Waals surface area contributed by atoms with Gasteiger partial charge >= 0.3 is 0 Å². The van der Waals surface area contributed by atoms with E-state index in [1.807, 2.05) is 13.8 Å². The van der Waals surface area contributed by atoms with Crippen molar-refractivity contribution in [1.82, 2.24) is 0 Å². The van der Waals surface area contributed by atoms with Crippen molar-refractivity contribution in [3.8, 4) is 6.07 Å². The Morgan fingerprint density at radius 2 is 1.75 bits per heavy atom. The minimum atomic E-state index is 0.0529. The lowest BCUT2D eigenvalue weighted by Crippen LogP contribution is -2.07. The lowest BCUT2D eigenvalue weighted by Gasteiger charge is -2.11. The van der Waals surface area contributed by atoms with Gasteiger partial charge in [-0.05, 0) is 49.6 Å². The van der Waals surface area contributed by atoms with Gasteiger partial charge in [-0.2, -0.15) is 5.26 Å². The molecule has 0 aliphatic heterocycles. The van der Waals surface area contributed by atoms with E-state index >= 15 is 0 Å². The Morgan fingerprint density at radius 1 is 1.10 bits per heavy atom. The van der Waals surface area contributed by atoms with Gasteiger partial charge in [0, 0.05) is 12.0 Å². The summed E-state index contributed by atoms with van der Waals surface area (Å²) in [4.78, 5) is 12.4. The van der Waals surface area contributed by atoms with E-state index in [0.717, 1.165) is 16.7 Å². The zero-order chi connectivity index (χ0) is 14.7. The molecular formula is C18H17NO. The van der Waals surface area contributed by atoms with Gasteiger partial charge in [0.15, 0.2) is 5.78 Å². The van der Waals surface area contributed by atoms with Gasteiger partial charge in [0.2, 0.25) is 0 Å². The van der Waals surface area contributed by atoms with Crippen LogP contribution in [0.4, 0.5) is 0 Å². The standard InChI is InChI=1S/C18H17NO/c1-12-7-13(2)17(14(3)8-12)10-18(20)16-6-4-5-15(9-16)11-19/h4-9H,10H2,1-3H3. The predicted octanol–water partition coefficient (Wildman–Crippen LogP) is 3.91. The molecule has 0 saturated carbocycles. The van der Waals surface area contributed by atoms with Gasteiger partial charge in [-0.3, -0.25) is 4.79 Å². The van der Waals surface area contributed by atoms with Crippen LogP contribution in [0.25, 0.3) is 0 Å². The second kappa shape index (κ2) is 5.71. The molecule has 0 N–H and O–H groups in total. The molecule has 0 fully saturated rings. The van der Waals surface area contributed by atoms with Gasteiger partial charge in [-0.25, -0.2) is 0 Å². The molecule has 0 aliphatic rings. The Balaban J connectivity index is 2.31. The van der Waals surface area contributed by atoms with Crippen molar-refractivity contribution in [3.05, 3.63) is 69.8 Å². The quantitative estimate of drug-likeness (QED) is 0.788. The average molecular weight is 263 g/mol. The number of carbonyl (C=O) groups excluding carboxylic acids is 1. The van der Waals surface area contributed by atoms with E-state index in [9.17, 15) is 4.79 Å². The maximum Gasteiger partial charge on any atom is 0.167 e. The molecule has 20 heavy (non-hydrogen) atoms. The zero-order valence-electron chi connectivity index (χ0n) is 12.0. The van der Waals surface area contributed by atoms with E-state index < -0.39 is 0 Å². The average Bonchev–Trinajstić information content (AvgIpc) is 2.42. The van der Waals surface area contributed by atoms with E-state index in [0.29, 0.717) is 17.5 Å². The van der Waals surface area contributed by atoms with Gasteiger partial charge in [0.05, 0.1) is 11.6 Å². The van der Waals surface area contributed by atoms with Crippen LogP contribution in [0.2, 0.25) is 0 Å². The maximum atomic E-state index is 12.4. The molecule has 2 rings (SSSR count). The van der Waals surface area contributed by atoms with E-state index in [4.69, 9.17) is 5.26 Å². The normalized spacial score (nSPS) is 10.1. The Labute approximate surface area is 119 Å². The number of hydrogen-bond donors (Lipinski definition) is 0. The minimum absolute atomic E-state index is 0.0529. The summed E-state index contributed by atoms with van der Waals surface area (Å²) in [5.74, 6) is 0.0529. The second-order valence-electron chi connectivity index (χ2n) is 5.17. The molecule has 0 atom stereocenters. The fraction of sp³-hybridized carbons (Fsp3) is 0.222. The summed E-state index contributed by atoms with van der Waals surface area (Å²) >= 11 is 0.